The van der Waals surface area contributed by atoms with Crippen LogP contribution in [-0.4, -0.2) is 14.5 Å². The van der Waals surface area contributed by atoms with Gasteiger partial charge in [0.05, 0.1) is 33.1 Å². The Kier molecular flexibility index (Phi) is 9.51. The third kappa shape index (κ3) is 12.1. The number of aryl methyl sites for hydroxylation is 1. The molecule has 4 heteroatoms. The van der Waals surface area contributed by atoms with Crippen molar-refractivity contribution < 1.29 is 0 Å². The summed E-state index contributed by atoms with van der Waals surface area (Å²) in [7, 11) is 2.00. The molecule has 4 rings (SSSR count). The fraction of sp³-hybridized carbons (Fsp3) is 0.440. The Balaban J connectivity index is 0.000000205. The van der Waals surface area contributed by atoms with Crippen molar-refractivity contribution in [3.63, 3.8) is 0 Å². The minimum atomic E-state index is 0.500. The molecule has 0 bridgehead atoms. The standard InChI is InChI=1S/C8H8N2.C7H5NS.2C5H12/c1-10-6-9-7-4-2-3-5-8(7)10;1-2-4-7-6(3-1)8-5-9-7;2*1-5(2,3)4/h2-6H,1H3;1-5H;2*1-4H3. The minimum Gasteiger partial charge on any atom is -0.334 e. The topological polar surface area (TPSA) is 30.7 Å². The van der Waals surface area contributed by atoms with Crippen LogP contribution in [0.15, 0.2) is 60.4 Å². The van der Waals surface area contributed by atoms with Gasteiger partial charge in [0.15, 0.2) is 0 Å². The zero-order valence-electron chi connectivity index (χ0n) is 19.5. The van der Waals surface area contributed by atoms with Crippen LogP contribution >= 0.6 is 11.3 Å². The lowest BCUT2D eigenvalue weighted by Crippen LogP contribution is -1.93. The smallest absolute Gasteiger partial charge is 0.0955 e. The first kappa shape index (κ1) is 24.8. The van der Waals surface area contributed by atoms with Crippen molar-refractivity contribution in [3.8, 4) is 0 Å². The monoisotopic (exact) mass is 411 g/mol. The van der Waals surface area contributed by atoms with Gasteiger partial charge >= 0.3 is 0 Å². The third-order valence-electron chi connectivity index (χ3n) is 2.87. The second kappa shape index (κ2) is 11.1. The van der Waals surface area contributed by atoms with Gasteiger partial charge in [-0.2, -0.15) is 0 Å². The summed E-state index contributed by atoms with van der Waals surface area (Å²) in [4.78, 5) is 8.32. The average molecular weight is 412 g/mol. The lowest BCUT2D eigenvalue weighted by molar-refractivity contribution is 0.469. The Bertz CT molecular complexity index is 914. The largest absolute Gasteiger partial charge is 0.334 e. The molecule has 0 saturated carbocycles. The van der Waals surface area contributed by atoms with E-state index < -0.39 is 0 Å². The third-order valence-corrected chi connectivity index (χ3v) is 3.68. The Morgan fingerprint density at radius 3 is 1.69 bits per heavy atom. The first-order chi connectivity index (χ1) is 13.3. The summed E-state index contributed by atoms with van der Waals surface area (Å²) in [5.74, 6) is 0. The number of para-hydroxylation sites is 3. The maximum atomic E-state index is 4.18. The molecule has 0 aliphatic carbocycles. The van der Waals surface area contributed by atoms with Crippen molar-refractivity contribution in [2.75, 3.05) is 0 Å². The second-order valence-corrected chi connectivity index (χ2v) is 11.1. The summed E-state index contributed by atoms with van der Waals surface area (Å²) < 4.78 is 3.27. The van der Waals surface area contributed by atoms with Gasteiger partial charge in [-0.3, -0.25) is 0 Å². The number of hydrogen-bond acceptors (Lipinski definition) is 3. The highest BCUT2D eigenvalue weighted by Gasteiger charge is 1.96. The van der Waals surface area contributed by atoms with Crippen LogP contribution in [0.4, 0.5) is 0 Å². The Labute approximate surface area is 180 Å². The number of hydrogen-bond donors (Lipinski definition) is 0. The minimum absolute atomic E-state index is 0.500. The van der Waals surface area contributed by atoms with Gasteiger partial charge in [0, 0.05) is 7.05 Å². The van der Waals surface area contributed by atoms with E-state index in [2.05, 4.69) is 77.5 Å². The summed E-state index contributed by atoms with van der Waals surface area (Å²) in [6, 6.07) is 16.2. The van der Waals surface area contributed by atoms with Gasteiger partial charge in [0.2, 0.25) is 0 Å². The van der Waals surface area contributed by atoms with Crippen molar-refractivity contribution >= 4 is 32.6 Å². The summed E-state index contributed by atoms with van der Waals surface area (Å²) in [5, 5.41) is 0. The maximum Gasteiger partial charge on any atom is 0.0955 e. The molecule has 0 amide bonds. The number of imidazole rings is 1. The normalized spacial score (nSPS) is 10.9. The summed E-state index contributed by atoms with van der Waals surface area (Å²) in [5.41, 5.74) is 6.21. The Morgan fingerprint density at radius 2 is 1.17 bits per heavy atom. The number of thiazole rings is 1. The molecule has 0 N–H and O–H groups in total. The number of nitrogens with zero attached hydrogens (tertiary/aromatic N) is 3. The number of rotatable bonds is 0. The van der Waals surface area contributed by atoms with Crippen LogP contribution in [-0.2, 0) is 7.05 Å². The van der Waals surface area contributed by atoms with E-state index in [0.29, 0.717) is 10.8 Å². The van der Waals surface area contributed by atoms with Crippen molar-refractivity contribution in [2.24, 2.45) is 17.9 Å². The molecule has 0 aliphatic heterocycles. The van der Waals surface area contributed by atoms with Gasteiger partial charge in [-0.1, -0.05) is 79.7 Å². The summed E-state index contributed by atoms with van der Waals surface area (Å²) >= 11 is 1.68. The van der Waals surface area contributed by atoms with E-state index in [0.717, 1.165) is 11.0 Å². The quantitative estimate of drug-likeness (QED) is 0.294. The predicted octanol–water partition coefficient (Wildman–Crippen LogP) is 7.97. The SMILES string of the molecule is CC(C)(C)C.CC(C)(C)C.Cn1cnc2ccccc21.c1ccc2scnc2c1. The molecule has 0 aliphatic rings. The molecule has 0 radical (unpaired) electrons. The highest BCUT2D eigenvalue weighted by atomic mass is 32.1. The van der Waals surface area contributed by atoms with Crippen LogP contribution in [0.5, 0.6) is 0 Å². The molecule has 29 heavy (non-hydrogen) atoms. The van der Waals surface area contributed by atoms with Gasteiger partial charge in [-0.25, -0.2) is 9.97 Å². The molecule has 4 aromatic rings. The van der Waals surface area contributed by atoms with Gasteiger partial charge in [0.25, 0.3) is 0 Å². The van der Waals surface area contributed by atoms with Crippen LogP contribution in [0.2, 0.25) is 0 Å². The van der Waals surface area contributed by atoms with Gasteiger partial charge < -0.3 is 4.57 Å². The highest BCUT2D eigenvalue weighted by Crippen LogP contribution is 2.15. The molecular weight excluding hydrogens is 374 g/mol. The van der Waals surface area contributed by atoms with Gasteiger partial charge in [0.1, 0.15) is 0 Å². The lowest BCUT2D eigenvalue weighted by atomic mass is 10.0. The average Bonchev–Trinajstić information content (AvgIpc) is 3.20. The van der Waals surface area contributed by atoms with Crippen LogP contribution in [0.3, 0.4) is 0 Å². The fourth-order valence-electron chi connectivity index (χ4n) is 1.89. The van der Waals surface area contributed by atoms with E-state index in [4.69, 9.17) is 0 Å². The first-order valence-electron chi connectivity index (χ1n) is 9.99. The zero-order valence-corrected chi connectivity index (χ0v) is 20.3. The van der Waals surface area contributed by atoms with E-state index in [1.807, 2.05) is 59.9 Å². The first-order valence-corrected chi connectivity index (χ1v) is 10.9. The molecule has 2 aromatic heterocycles. The molecule has 2 aromatic carbocycles. The van der Waals surface area contributed by atoms with Crippen molar-refractivity contribution in [3.05, 3.63) is 60.4 Å². The molecule has 3 nitrogen and oxygen atoms in total. The van der Waals surface area contributed by atoms with Crippen molar-refractivity contribution in [1.82, 2.24) is 14.5 Å². The summed E-state index contributed by atoms with van der Waals surface area (Å²) in [6.07, 6.45) is 1.82. The molecule has 0 spiro atoms. The van der Waals surface area contributed by atoms with E-state index in [-0.39, 0.29) is 0 Å². The molecule has 0 unspecified atom stereocenters. The molecule has 158 valence electrons. The van der Waals surface area contributed by atoms with Gasteiger partial charge in [-0.05, 0) is 35.1 Å². The van der Waals surface area contributed by atoms with Crippen molar-refractivity contribution in [1.29, 1.82) is 0 Å². The van der Waals surface area contributed by atoms with E-state index in [1.165, 1.54) is 10.2 Å². The molecule has 0 saturated heterocycles. The van der Waals surface area contributed by atoms with Gasteiger partial charge in [-0.15, -0.1) is 11.3 Å². The van der Waals surface area contributed by atoms with Crippen molar-refractivity contribution in [2.45, 2.75) is 55.4 Å². The second-order valence-electron chi connectivity index (χ2n) is 10.2. The number of benzene rings is 2. The molecule has 0 atom stereocenters. The van der Waals surface area contributed by atoms with Crippen LogP contribution in [0.1, 0.15) is 55.4 Å². The molecule has 0 fully saturated rings. The van der Waals surface area contributed by atoms with Crippen LogP contribution in [0, 0.1) is 10.8 Å². The highest BCUT2D eigenvalue weighted by molar-refractivity contribution is 7.16. The lowest BCUT2D eigenvalue weighted by Gasteiger charge is -2.05. The molecule has 2 heterocycles. The zero-order chi connectivity index (χ0) is 22.1. The summed E-state index contributed by atoms with van der Waals surface area (Å²) in [6.45, 7) is 17.5. The number of fused-ring (bicyclic) bond motifs is 2. The van der Waals surface area contributed by atoms with E-state index in [1.54, 1.807) is 11.3 Å². The van der Waals surface area contributed by atoms with E-state index >= 15 is 0 Å². The Hall–Kier alpha value is -2.20. The molecular formula is C25H37N3S. The number of aromatic nitrogens is 3. The van der Waals surface area contributed by atoms with Crippen LogP contribution in [0.25, 0.3) is 21.3 Å². The Morgan fingerprint density at radius 1 is 0.690 bits per heavy atom. The van der Waals surface area contributed by atoms with Crippen LogP contribution < -0.4 is 0 Å². The van der Waals surface area contributed by atoms with E-state index in [9.17, 15) is 0 Å². The fourth-order valence-corrected chi connectivity index (χ4v) is 2.56. The predicted molar refractivity (Wildman–Crippen MR) is 131 cm³/mol. The maximum absolute atomic E-state index is 4.18.